The van der Waals surface area contributed by atoms with Crippen LogP contribution in [0.1, 0.15) is 18.9 Å². The summed E-state index contributed by atoms with van der Waals surface area (Å²) in [4.78, 5) is 4.48. The predicted molar refractivity (Wildman–Crippen MR) is 93.9 cm³/mol. The molecule has 4 rings (SSSR count). The molecule has 3 heterocycles. The minimum Gasteiger partial charge on any atom is -0.326 e. The first-order chi connectivity index (χ1) is 11.5. The standard InChI is InChI=1S/C16H17ClN4O2S/c1-20-13-4-2-3-12(17)14(13)15(19-20)16-18-7-8-21(16)11-5-9-24(22,23)10-6-11/h2-4,7-8,11H,5-6,9-10H2,1H3. The largest absolute Gasteiger partial charge is 0.326 e. The Kier molecular flexibility index (Phi) is 3.65. The van der Waals surface area contributed by atoms with Gasteiger partial charge >= 0.3 is 0 Å². The number of nitrogens with zero attached hydrogens (tertiary/aromatic N) is 4. The molecule has 1 aliphatic rings. The third kappa shape index (κ3) is 2.52. The van der Waals surface area contributed by atoms with Gasteiger partial charge in [-0.3, -0.25) is 4.68 Å². The third-order valence-electron chi connectivity index (χ3n) is 4.63. The fourth-order valence-corrected chi connectivity index (χ4v) is 5.10. The molecule has 0 bridgehead atoms. The molecule has 0 aliphatic carbocycles. The van der Waals surface area contributed by atoms with Crippen molar-refractivity contribution in [3.63, 3.8) is 0 Å². The van der Waals surface area contributed by atoms with Gasteiger partial charge in [-0.05, 0) is 25.0 Å². The number of hydrogen-bond acceptors (Lipinski definition) is 4. The van der Waals surface area contributed by atoms with E-state index in [0.29, 0.717) is 17.9 Å². The number of aromatic nitrogens is 4. The van der Waals surface area contributed by atoms with Crippen molar-refractivity contribution in [3.05, 3.63) is 35.6 Å². The summed E-state index contributed by atoms with van der Waals surface area (Å²) in [5, 5.41) is 6.12. The lowest BCUT2D eigenvalue weighted by Crippen LogP contribution is -2.25. The Bertz CT molecular complexity index is 1010. The van der Waals surface area contributed by atoms with E-state index in [1.165, 1.54) is 0 Å². The third-order valence-corrected chi connectivity index (χ3v) is 6.66. The first-order valence-electron chi connectivity index (χ1n) is 7.81. The number of imidazole rings is 1. The Balaban J connectivity index is 1.82. The van der Waals surface area contributed by atoms with Gasteiger partial charge in [-0.1, -0.05) is 17.7 Å². The van der Waals surface area contributed by atoms with Crippen LogP contribution in [0.2, 0.25) is 5.02 Å². The zero-order valence-electron chi connectivity index (χ0n) is 13.2. The lowest BCUT2D eigenvalue weighted by Gasteiger charge is -2.24. The molecule has 0 radical (unpaired) electrons. The molecule has 2 aromatic heterocycles. The van der Waals surface area contributed by atoms with Crippen LogP contribution in [-0.4, -0.2) is 39.3 Å². The normalized spacial score (nSPS) is 18.2. The molecule has 0 saturated carbocycles. The van der Waals surface area contributed by atoms with Gasteiger partial charge in [0.1, 0.15) is 15.5 Å². The van der Waals surface area contributed by atoms with Gasteiger partial charge in [0.05, 0.1) is 22.0 Å². The molecule has 6 nitrogen and oxygen atoms in total. The quantitative estimate of drug-likeness (QED) is 0.701. The Morgan fingerprint density at radius 3 is 2.75 bits per heavy atom. The van der Waals surface area contributed by atoms with Gasteiger partial charge in [0.15, 0.2) is 5.82 Å². The predicted octanol–water partition coefficient (Wildman–Crippen LogP) is 2.84. The Morgan fingerprint density at radius 1 is 1.25 bits per heavy atom. The van der Waals surface area contributed by atoms with Crippen LogP contribution in [0.5, 0.6) is 0 Å². The van der Waals surface area contributed by atoms with Gasteiger partial charge in [0.2, 0.25) is 0 Å². The summed E-state index contributed by atoms with van der Waals surface area (Å²) in [5.74, 6) is 1.18. The number of sulfone groups is 1. The molecule has 0 unspecified atom stereocenters. The highest BCUT2D eigenvalue weighted by molar-refractivity contribution is 7.91. The summed E-state index contributed by atoms with van der Waals surface area (Å²) in [7, 11) is -1.02. The second-order valence-electron chi connectivity index (χ2n) is 6.15. The maximum absolute atomic E-state index is 11.7. The number of fused-ring (bicyclic) bond motifs is 1. The molecule has 1 aliphatic heterocycles. The van der Waals surface area contributed by atoms with Crippen molar-refractivity contribution < 1.29 is 8.42 Å². The molecule has 0 spiro atoms. The second-order valence-corrected chi connectivity index (χ2v) is 8.86. The van der Waals surface area contributed by atoms with Crippen molar-refractivity contribution >= 4 is 32.3 Å². The van der Waals surface area contributed by atoms with E-state index in [1.54, 1.807) is 10.9 Å². The SMILES string of the molecule is Cn1nc(-c2nccn2C2CCS(=O)(=O)CC2)c2c(Cl)cccc21. The first-order valence-corrected chi connectivity index (χ1v) is 10.0. The molecule has 126 valence electrons. The molecule has 3 aromatic rings. The lowest BCUT2D eigenvalue weighted by atomic mass is 10.1. The van der Waals surface area contributed by atoms with Crippen molar-refractivity contribution in [2.24, 2.45) is 7.05 Å². The van der Waals surface area contributed by atoms with Gasteiger partial charge in [0.25, 0.3) is 0 Å². The lowest BCUT2D eigenvalue weighted by molar-refractivity contribution is 0.453. The van der Waals surface area contributed by atoms with Crippen molar-refractivity contribution in [3.8, 4) is 11.5 Å². The molecule has 1 aromatic carbocycles. The number of benzene rings is 1. The topological polar surface area (TPSA) is 69.8 Å². The molecule has 0 amide bonds. The van der Waals surface area contributed by atoms with Gasteiger partial charge in [-0.2, -0.15) is 5.10 Å². The van der Waals surface area contributed by atoms with Crippen LogP contribution in [0, 0.1) is 0 Å². The number of rotatable bonds is 2. The highest BCUT2D eigenvalue weighted by atomic mass is 35.5. The molecule has 8 heteroatoms. The van der Waals surface area contributed by atoms with Crippen molar-refractivity contribution in [2.45, 2.75) is 18.9 Å². The van der Waals surface area contributed by atoms with Crippen LogP contribution in [0.4, 0.5) is 0 Å². The molecule has 0 N–H and O–H groups in total. The van der Waals surface area contributed by atoms with Crippen molar-refractivity contribution in [1.82, 2.24) is 19.3 Å². The number of halogens is 1. The summed E-state index contributed by atoms with van der Waals surface area (Å²) in [6, 6.07) is 5.83. The Morgan fingerprint density at radius 2 is 2.00 bits per heavy atom. The van der Waals surface area contributed by atoms with Crippen LogP contribution >= 0.6 is 11.6 Å². The zero-order chi connectivity index (χ0) is 16.9. The number of aryl methyl sites for hydroxylation is 1. The van der Waals surface area contributed by atoms with Gasteiger partial charge in [-0.25, -0.2) is 13.4 Å². The van der Waals surface area contributed by atoms with Crippen LogP contribution in [-0.2, 0) is 16.9 Å². The van der Waals surface area contributed by atoms with Crippen LogP contribution in [0.3, 0.4) is 0 Å². The molecule has 24 heavy (non-hydrogen) atoms. The summed E-state index contributed by atoms with van der Waals surface area (Å²) in [5.41, 5.74) is 1.68. The molecule has 1 fully saturated rings. The second kappa shape index (κ2) is 5.60. The van der Waals surface area contributed by atoms with E-state index in [9.17, 15) is 8.42 Å². The maximum Gasteiger partial charge on any atom is 0.161 e. The van der Waals surface area contributed by atoms with Crippen LogP contribution < -0.4 is 0 Å². The summed E-state index contributed by atoms with van der Waals surface area (Å²) < 4.78 is 27.2. The maximum atomic E-state index is 11.7. The first kappa shape index (κ1) is 15.7. The van der Waals surface area contributed by atoms with Crippen LogP contribution in [0.15, 0.2) is 30.6 Å². The Labute approximate surface area is 145 Å². The highest BCUT2D eigenvalue weighted by Crippen LogP contribution is 2.35. The average Bonchev–Trinajstić information content (AvgIpc) is 3.13. The van der Waals surface area contributed by atoms with E-state index in [2.05, 4.69) is 10.1 Å². The zero-order valence-corrected chi connectivity index (χ0v) is 14.8. The average molecular weight is 365 g/mol. The molecule has 1 saturated heterocycles. The summed E-state index contributed by atoms with van der Waals surface area (Å²) in [6.45, 7) is 0. The van der Waals surface area contributed by atoms with E-state index in [4.69, 9.17) is 11.6 Å². The Hall–Kier alpha value is -1.86. The fraction of sp³-hybridized carbons (Fsp3) is 0.375. The van der Waals surface area contributed by atoms with E-state index in [-0.39, 0.29) is 17.5 Å². The van der Waals surface area contributed by atoms with Gasteiger partial charge < -0.3 is 4.57 Å². The summed E-state index contributed by atoms with van der Waals surface area (Å²) >= 11 is 6.40. The molecule has 0 atom stereocenters. The fourth-order valence-electron chi connectivity index (χ4n) is 3.37. The van der Waals surface area contributed by atoms with E-state index < -0.39 is 9.84 Å². The van der Waals surface area contributed by atoms with Crippen LogP contribution in [0.25, 0.3) is 22.4 Å². The monoisotopic (exact) mass is 364 g/mol. The minimum atomic E-state index is -2.90. The van der Waals surface area contributed by atoms with Gasteiger partial charge in [0, 0.05) is 30.9 Å². The van der Waals surface area contributed by atoms with Gasteiger partial charge in [-0.15, -0.1) is 0 Å². The van der Waals surface area contributed by atoms with E-state index in [0.717, 1.165) is 22.4 Å². The smallest absolute Gasteiger partial charge is 0.161 e. The van der Waals surface area contributed by atoms with Crippen molar-refractivity contribution in [2.75, 3.05) is 11.5 Å². The van der Waals surface area contributed by atoms with E-state index in [1.807, 2.05) is 36.0 Å². The minimum absolute atomic E-state index is 0.116. The van der Waals surface area contributed by atoms with Crippen molar-refractivity contribution in [1.29, 1.82) is 0 Å². The highest BCUT2D eigenvalue weighted by Gasteiger charge is 2.27. The molecular formula is C16H17ClN4O2S. The summed E-state index contributed by atoms with van der Waals surface area (Å²) in [6.07, 6.45) is 4.83. The molecular weight excluding hydrogens is 348 g/mol. The number of hydrogen-bond donors (Lipinski definition) is 0. The van der Waals surface area contributed by atoms with E-state index >= 15 is 0 Å².